The largest absolute Gasteiger partial charge is 0.384 e. The molecule has 1 aromatic carbocycles. The average Bonchev–Trinajstić information content (AvgIpc) is 4.01. The lowest BCUT2D eigenvalue weighted by molar-refractivity contribution is 0.217. The maximum atomic E-state index is 13.3. The van der Waals surface area contributed by atoms with Gasteiger partial charge in [0, 0.05) is 94.1 Å². The fourth-order valence-electron chi connectivity index (χ4n) is 8.46. The van der Waals surface area contributed by atoms with Gasteiger partial charge in [0.2, 0.25) is 0 Å². The van der Waals surface area contributed by atoms with Crippen LogP contribution in [0.25, 0.3) is 22.1 Å². The maximum Gasteiger partial charge on any atom is 0.269 e. The predicted octanol–water partition coefficient (Wildman–Crippen LogP) is 7.29. The minimum atomic E-state index is -3.78. The number of benzene rings is 1. The van der Waals surface area contributed by atoms with Crippen LogP contribution in [0.1, 0.15) is 67.3 Å². The van der Waals surface area contributed by atoms with Crippen LogP contribution in [0.3, 0.4) is 0 Å². The summed E-state index contributed by atoms with van der Waals surface area (Å²) in [5.74, 6) is 3.85. The second kappa shape index (κ2) is 19.7. The first kappa shape index (κ1) is 41.2. The Morgan fingerprint density at radius 1 is 0.733 bits per heavy atom. The predicted molar refractivity (Wildman–Crippen MR) is 247 cm³/mol. The van der Waals surface area contributed by atoms with Crippen molar-refractivity contribution in [3.8, 4) is 0 Å². The van der Waals surface area contributed by atoms with Crippen molar-refractivity contribution in [2.45, 2.75) is 75.3 Å². The Kier molecular flexibility index (Phi) is 13.5. The quantitative estimate of drug-likeness (QED) is 0.0890. The van der Waals surface area contributed by atoms with E-state index in [9.17, 15) is 16.8 Å². The first-order chi connectivity index (χ1) is 31.6. The molecule has 0 radical (unpaired) electrons. The van der Waals surface area contributed by atoms with Crippen molar-refractivity contribution in [2.75, 3.05) is 74.3 Å². The standard InChI is InChI=1S/C24H33N5O4S2.C17H27N5O2S.4H2/c1-18-4-10-21(11-5-18)35(31,32)29-13-12-22-23(26-17-27-24(22)29)28(2)20-8-6-19(7-9-20)16-34(25,30)15-14-33-3;1-22(17-15-7-8-19-16(15)20-12-21-17)14-5-3-13(4-6-14)11-25(18,23)10-9-24-2;;;;/h4-5,10-13,17,19-20,25H,6-9,14-16H2,1-3H3;7-8,12-14,18H,3-6,9-11H2,1-2H3,(H,19,20,21);4*1H/i;;3*1+2T;1+2. The van der Waals surface area contributed by atoms with Gasteiger partial charge in [0.25, 0.3) is 10.0 Å². The van der Waals surface area contributed by atoms with Gasteiger partial charge >= 0.3 is 0 Å². The summed E-state index contributed by atoms with van der Waals surface area (Å²) in [5.41, 5.74) is 2.20. The Balaban J connectivity index is 0.000000425. The van der Waals surface area contributed by atoms with Crippen LogP contribution in [-0.2, 0) is 39.0 Å². The number of aromatic amines is 1. The van der Waals surface area contributed by atoms with Gasteiger partial charge in [-0.15, -0.1) is 0 Å². The van der Waals surface area contributed by atoms with Gasteiger partial charge < -0.3 is 24.3 Å². The number of ether oxygens (including phenoxy) is 2. The molecule has 2 atom stereocenters. The van der Waals surface area contributed by atoms with Crippen LogP contribution < -0.4 is 9.80 Å². The normalized spacial score (nSPS) is 22.1. The summed E-state index contributed by atoms with van der Waals surface area (Å²) in [5, 5.41) is 1.72. The van der Waals surface area contributed by atoms with E-state index in [0.717, 1.165) is 73.8 Å². The lowest BCUT2D eigenvalue weighted by Gasteiger charge is -2.35. The van der Waals surface area contributed by atoms with Gasteiger partial charge in [-0.2, -0.15) is 0 Å². The molecular formula is C41H68N10O6S3. The second-order valence-electron chi connectivity index (χ2n) is 16.2. The second-order valence-corrected chi connectivity index (χ2v) is 22.8. The Labute approximate surface area is 365 Å². The van der Waals surface area contributed by atoms with E-state index >= 15 is 0 Å². The van der Waals surface area contributed by atoms with Crippen LogP contribution in [-0.4, -0.2) is 122 Å². The molecule has 5 aromatic rings. The molecule has 2 unspecified atom stereocenters. The maximum absolute atomic E-state index is 13.3. The number of fused-ring (bicyclic) bond motifs is 2. The van der Waals surface area contributed by atoms with Crippen LogP contribution in [0.4, 0.5) is 11.6 Å². The van der Waals surface area contributed by atoms with Crippen molar-refractivity contribution in [1.82, 2.24) is 28.9 Å². The number of nitrogens with zero attached hydrogens (tertiary/aromatic N) is 7. The molecule has 16 nitrogen and oxygen atoms in total. The molecule has 4 aromatic heterocycles. The van der Waals surface area contributed by atoms with Crippen molar-refractivity contribution in [3.05, 3.63) is 67.0 Å². The van der Waals surface area contributed by atoms with E-state index < -0.39 is 29.5 Å². The molecule has 2 fully saturated rings. The van der Waals surface area contributed by atoms with E-state index in [4.69, 9.17) is 27.9 Å². The zero-order valence-electron chi connectivity index (χ0n) is 41.3. The molecule has 2 aliphatic carbocycles. The zero-order chi connectivity index (χ0) is 49.1. The molecular weight excluding hydrogens is 825 g/mol. The Morgan fingerprint density at radius 2 is 1.23 bits per heavy atom. The number of hydrogen-bond acceptors (Lipinski definition) is 14. The van der Waals surface area contributed by atoms with Crippen LogP contribution in [0.5, 0.6) is 0 Å². The van der Waals surface area contributed by atoms with Gasteiger partial charge in [-0.1, -0.05) is 17.7 Å². The molecule has 19 heteroatoms. The summed E-state index contributed by atoms with van der Waals surface area (Å²) in [4.78, 5) is 25.2. The Morgan fingerprint density at radius 3 is 1.75 bits per heavy atom. The molecule has 336 valence electrons. The lowest BCUT2D eigenvalue weighted by Crippen LogP contribution is -2.37. The van der Waals surface area contributed by atoms with Crippen LogP contribution in [0, 0.1) is 28.3 Å². The molecule has 0 bridgehead atoms. The van der Waals surface area contributed by atoms with Gasteiger partial charge in [0.1, 0.15) is 29.9 Å². The molecule has 7 rings (SSSR count). The zero-order valence-corrected chi connectivity index (χ0v) is 37.7. The number of H-pyrrole nitrogens is 1. The third-order valence-electron chi connectivity index (χ3n) is 12.0. The summed E-state index contributed by atoms with van der Waals surface area (Å²) in [6, 6.07) is 11.2. The number of rotatable bonds is 16. The van der Waals surface area contributed by atoms with Crippen molar-refractivity contribution in [3.63, 3.8) is 0 Å². The van der Waals surface area contributed by atoms with Crippen LogP contribution in [0.15, 0.2) is 66.3 Å². The van der Waals surface area contributed by atoms with E-state index in [1.165, 1.54) is 16.5 Å². The molecule has 0 spiro atoms. The SMILES string of the molecule is COCCS(=N)(=O)CC1CCC(N(C)c2ncnc3[nH]ccc23)CC1.COCCS(=N)(=O)CC1CCC(N(C)c2ncnc3c2ccn3S(=O)(=O)c2ccc(C)cc2)CC1.[3HH].[3H][3H].[3H][3H].[3H][3H]. The summed E-state index contributed by atoms with van der Waals surface area (Å²) in [6.45, 7) is 2.67. The number of methoxy groups -OCH3 is 2. The molecule has 60 heavy (non-hydrogen) atoms. The molecule has 0 aliphatic heterocycles. The monoisotopic (exact) mass is 907 g/mol. The first-order valence-electron chi connectivity index (χ1n) is 23.5. The van der Waals surface area contributed by atoms with Crippen molar-refractivity contribution >= 4 is 63.2 Å². The molecule has 2 aliphatic rings. The van der Waals surface area contributed by atoms with Crippen LogP contribution in [0.2, 0.25) is 0 Å². The number of aromatic nitrogens is 6. The van der Waals surface area contributed by atoms with Crippen molar-refractivity contribution < 1.29 is 36.6 Å². The summed E-state index contributed by atoms with van der Waals surface area (Å²) < 4.78 is 109. The van der Waals surface area contributed by atoms with Gasteiger partial charge in [0.15, 0.2) is 5.65 Å². The third-order valence-corrected chi connectivity index (χ3v) is 17.3. The highest BCUT2D eigenvalue weighted by Crippen LogP contribution is 2.34. The highest BCUT2D eigenvalue weighted by Gasteiger charge is 2.30. The molecule has 3 N–H and O–H groups in total. The van der Waals surface area contributed by atoms with E-state index in [0.29, 0.717) is 59.3 Å². The van der Waals surface area contributed by atoms with Crippen molar-refractivity contribution in [1.29, 1.82) is 9.56 Å². The van der Waals surface area contributed by atoms with Crippen molar-refractivity contribution in [2.24, 2.45) is 11.8 Å². The highest BCUT2D eigenvalue weighted by atomic mass is 32.2. The first-order valence-corrected chi connectivity index (χ1v) is 25.7. The van der Waals surface area contributed by atoms with Gasteiger partial charge in [-0.25, -0.2) is 40.7 Å². The van der Waals surface area contributed by atoms with Gasteiger partial charge in [-0.05, 0) is 94.4 Å². The number of nitrogens with one attached hydrogen (secondary N) is 3. The Hall–Kier alpha value is -4.17. The number of anilines is 2. The van der Waals surface area contributed by atoms with Gasteiger partial charge in [0.05, 0.1) is 40.4 Å². The number of aryl methyl sites for hydroxylation is 1. The summed E-state index contributed by atoms with van der Waals surface area (Å²) in [7, 11) is -1.70. The molecule has 0 amide bonds. The average molecular weight is 907 g/mol. The summed E-state index contributed by atoms with van der Waals surface area (Å²) >= 11 is 0. The van der Waals surface area contributed by atoms with E-state index in [2.05, 4.69) is 41.8 Å². The van der Waals surface area contributed by atoms with Crippen LogP contribution >= 0.6 is 0 Å². The van der Waals surface area contributed by atoms with Gasteiger partial charge in [-0.3, -0.25) is 9.56 Å². The highest BCUT2D eigenvalue weighted by molar-refractivity contribution is 7.92. The lowest BCUT2D eigenvalue weighted by atomic mass is 9.86. The molecule has 0 saturated heterocycles. The summed E-state index contributed by atoms with van der Waals surface area (Å²) in [6.07, 6.45) is 14.1. The van der Waals surface area contributed by atoms with E-state index in [1.54, 1.807) is 50.9 Å². The minimum Gasteiger partial charge on any atom is -0.384 e. The molecule has 4 heterocycles. The fourth-order valence-corrected chi connectivity index (χ4v) is 13.2. The number of hydrogen-bond donors (Lipinski definition) is 3. The minimum absolute atomic E-state index is 0. The smallest absolute Gasteiger partial charge is 0.269 e. The molecule has 2 saturated carbocycles. The topological polar surface area (TPSA) is 213 Å². The van der Waals surface area contributed by atoms with E-state index in [1.807, 2.05) is 26.2 Å². The van der Waals surface area contributed by atoms with E-state index in [-0.39, 0.29) is 24.0 Å². The third kappa shape index (κ3) is 11.0. The fraction of sp³-hybridized carbons (Fsp3) is 0.561. The Bertz CT molecular complexity index is 2540.